The van der Waals surface area contributed by atoms with Crippen LogP contribution in [0.1, 0.15) is 70.9 Å². The number of aromatic nitrogens is 3. The molecule has 0 unspecified atom stereocenters. The van der Waals surface area contributed by atoms with Crippen LogP contribution in [0.15, 0.2) is 36.7 Å². The molecule has 3 fully saturated rings. The molecule has 1 amide bonds. The maximum atomic E-state index is 12.4. The molecule has 0 spiro atoms. The van der Waals surface area contributed by atoms with Gasteiger partial charge in [0.25, 0.3) is 0 Å². The number of carbonyl (C=O) groups is 1. The van der Waals surface area contributed by atoms with E-state index >= 15 is 0 Å². The van der Waals surface area contributed by atoms with Crippen LogP contribution in [0.2, 0.25) is 0 Å². The molecule has 2 saturated carbocycles. The molecule has 3 heterocycles. The molecule has 214 valence electrons. The van der Waals surface area contributed by atoms with Crippen LogP contribution < -0.4 is 5.32 Å². The van der Waals surface area contributed by atoms with Crippen LogP contribution in [0.3, 0.4) is 0 Å². The summed E-state index contributed by atoms with van der Waals surface area (Å²) >= 11 is 0. The standard InChI is InChI=1S/C31H42N6O3/c1-31(2,3)40-30(39)36-16-14-35(15-17-36)19-21-4-6-22(7-5-21)27-20-37(24-10-12-25(38)13-11-24)28-26(27)18-32-29(34-28)33-23-8-9-23/h4-7,18,20,23-25,38H,8-17,19H2,1-3H3,(H,32,33,34). The van der Waals surface area contributed by atoms with Gasteiger partial charge in [0.05, 0.1) is 6.10 Å². The van der Waals surface area contributed by atoms with E-state index < -0.39 is 5.60 Å². The van der Waals surface area contributed by atoms with Crippen molar-refractivity contribution in [3.8, 4) is 11.1 Å². The Morgan fingerprint density at radius 1 is 1.02 bits per heavy atom. The highest BCUT2D eigenvalue weighted by Gasteiger charge is 2.27. The molecule has 0 atom stereocenters. The van der Waals surface area contributed by atoms with E-state index in [0.717, 1.165) is 67.5 Å². The lowest BCUT2D eigenvalue weighted by atomic mass is 9.93. The summed E-state index contributed by atoms with van der Waals surface area (Å²) in [6, 6.07) is 9.65. The largest absolute Gasteiger partial charge is 0.444 e. The van der Waals surface area contributed by atoms with Gasteiger partial charge in [0, 0.05) is 68.2 Å². The zero-order valence-electron chi connectivity index (χ0n) is 24.0. The molecule has 6 rings (SSSR count). The molecule has 3 aliphatic rings. The predicted octanol–water partition coefficient (Wildman–Crippen LogP) is 5.20. The van der Waals surface area contributed by atoms with E-state index in [1.807, 2.05) is 27.0 Å². The summed E-state index contributed by atoms with van der Waals surface area (Å²) in [5.41, 5.74) is 4.07. The third-order valence-corrected chi connectivity index (χ3v) is 8.24. The number of nitrogens with zero attached hydrogens (tertiary/aromatic N) is 5. The van der Waals surface area contributed by atoms with Gasteiger partial charge in [-0.1, -0.05) is 24.3 Å². The van der Waals surface area contributed by atoms with Gasteiger partial charge in [-0.05, 0) is 70.4 Å². The average molecular weight is 547 g/mol. The Bertz CT molecular complexity index is 1330. The topological polar surface area (TPSA) is 95.8 Å². The van der Waals surface area contributed by atoms with E-state index in [2.05, 4.69) is 50.2 Å². The summed E-state index contributed by atoms with van der Waals surface area (Å²) in [5, 5.41) is 14.6. The molecule has 0 radical (unpaired) electrons. The van der Waals surface area contributed by atoms with Crippen LogP contribution in [-0.4, -0.2) is 79.5 Å². The minimum Gasteiger partial charge on any atom is -0.444 e. The molecule has 1 aromatic carbocycles. The highest BCUT2D eigenvalue weighted by Crippen LogP contribution is 2.37. The zero-order chi connectivity index (χ0) is 27.9. The van der Waals surface area contributed by atoms with Crippen LogP contribution in [0.25, 0.3) is 22.2 Å². The van der Waals surface area contributed by atoms with Gasteiger partial charge in [0.2, 0.25) is 5.95 Å². The van der Waals surface area contributed by atoms with Crippen molar-refractivity contribution in [1.29, 1.82) is 0 Å². The second kappa shape index (κ2) is 11.0. The fraction of sp³-hybridized carbons (Fsp3) is 0.581. The minimum atomic E-state index is -0.469. The average Bonchev–Trinajstić information content (AvgIpc) is 3.67. The molecule has 1 aliphatic heterocycles. The number of fused-ring (bicyclic) bond motifs is 1. The molecule has 3 aromatic rings. The summed E-state index contributed by atoms with van der Waals surface area (Å²) in [7, 11) is 0. The van der Waals surface area contributed by atoms with Crippen molar-refractivity contribution >= 4 is 23.1 Å². The molecule has 2 N–H and O–H groups in total. The van der Waals surface area contributed by atoms with Crippen molar-refractivity contribution in [2.45, 2.75) is 89.6 Å². The maximum Gasteiger partial charge on any atom is 0.410 e. The first kappa shape index (κ1) is 27.0. The Kier molecular flexibility index (Phi) is 7.44. The molecule has 2 aromatic heterocycles. The lowest BCUT2D eigenvalue weighted by Crippen LogP contribution is -2.49. The summed E-state index contributed by atoms with van der Waals surface area (Å²) < 4.78 is 7.86. The second-order valence-corrected chi connectivity index (χ2v) is 12.7. The fourth-order valence-electron chi connectivity index (χ4n) is 5.82. The van der Waals surface area contributed by atoms with Crippen LogP contribution in [0.5, 0.6) is 0 Å². The number of hydrogen-bond acceptors (Lipinski definition) is 7. The van der Waals surface area contributed by atoms with Crippen LogP contribution >= 0.6 is 0 Å². The first-order chi connectivity index (χ1) is 19.2. The number of ether oxygens (including phenoxy) is 1. The Morgan fingerprint density at radius 3 is 2.38 bits per heavy atom. The summed E-state index contributed by atoms with van der Waals surface area (Å²) in [6.07, 6.45) is 9.74. The molecule has 2 aliphatic carbocycles. The van der Waals surface area contributed by atoms with E-state index in [1.54, 1.807) is 4.90 Å². The van der Waals surface area contributed by atoms with E-state index in [9.17, 15) is 9.90 Å². The van der Waals surface area contributed by atoms with Crippen molar-refractivity contribution in [3.05, 3.63) is 42.2 Å². The van der Waals surface area contributed by atoms with Gasteiger partial charge < -0.3 is 24.6 Å². The number of piperazine rings is 1. The first-order valence-corrected chi connectivity index (χ1v) is 14.8. The Hall–Kier alpha value is -3.17. The zero-order valence-corrected chi connectivity index (χ0v) is 24.0. The molecule has 1 saturated heterocycles. The monoisotopic (exact) mass is 546 g/mol. The fourth-order valence-corrected chi connectivity index (χ4v) is 5.82. The van der Waals surface area contributed by atoms with Gasteiger partial charge in [-0.3, -0.25) is 4.90 Å². The summed E-state index contributed by atoms with van der Waals surface area (Å²) in [5.74, 6) is 0.707. The van der Waals surface area contributed by atoms with Crippen LogP contribution in [0, 0.1) is 0 Å². The van der Waals surface area contributed by atoms with Gasteiger partial charge in [0.15, 0.2) is 0 Å². The number of aliphatic hydroxyl groups excluding tert-OH is 1. The van der Waals surface area contributed by atoms with Crippen LogP contribution in [-0.2, 0) is 11.3 Å². The third kappa shape index (κ3) is 6.25. The number of anilines is 1. The van der Waals surface area contributed by atoms with Crippen molar-refractivity contribution < 1.29 is 14.6 Å². The lowest BCUT2D eigenvalue weighted by molar-refractivity contribution is 0.0139. The van der Waals surface area contributed by atoms with Crippen molar-refractivity contribution in [1.82, 2.24) is 24.3 Å². The van der Waals surface area contributed by atoms with Crippen molar-refractivity contribution in [2.75, 3.05) is 31.5 Å². The van der Waals surface area contributed by atoms with E-state index in [4.69, 9.17) is 9.72 Å². The summed E-state index contributed by atoms with van der Waals surface area (Å²) in [4.78, 5) is 26.2. The van der Waals surface area contributed by atoms with Crippen molar-refractivity contribution in [2.24, 2.45) is 0 Å². The molecule has 40 heavy (non-hydrogen) atoms. The van der Waals surface area contributed by atoms with E-state index in [0.29, 0.717) is 31.1 Å². The number of carbonyl (C=O) groups excluding carboxylic acids is 1. The molecular formula is C31H42N6O3. The number of rotatable bonds is 6. The summed E-state index contributed by atoms with van der Waals surface area (Å²) in [6.45, 7) is 9.60. The van der Waals surface area contributed by atoms with Gasteiger partial charge in [-0.25, -0.2) is 9.78 Å². The van der Waals surface area contributed by atoms with Crippen molar-refractivity contribution in [3.63, 3.8) is 0 Å². The van der Waals surface area contributed by atoms with Gasteiger partial charge >= 0.3 is 6.09 Å². The number of nitrogens with one attached hydrogen (secondary N) is 1. The van der Waals surface area contributed by atoms with E-state index in [1.165, 1.54) is 18.4 Å². The van der Waals surface area contributed by atoms with Gasteiger partial charge in [-0.2, -0.15) is 4.98 Å². The number of aliphatic hydroxyl groups is 1. The highest BCUT2D eigenvalue weighted by atomic mass is 16.6. The number of amides is 1. The smallest absolute Gasteiger partial charge is 0.410 e. The second-order valence-electron chi connectivity index (χ2n) is 12.7. The number of benzene rings is 1. The van der Waals surface area contributed by atoms with Gasteiger partial charge in [-0.15, -0.1) is 0 Å². The Balaban J connectivity index is 1.16. The van der Waals surface area contributed by atoms with Crippen LogP contribution in [0.4, 0.5) is 10.7 Å². The first-order valence-electron chi connectivity index (χ1n) is 14.8. The third-order valence-electron chi connectivity index (χ3n) is 8.24. The maximum absolute atomic E-state index is 12.4. The number of hydrogen-bond donors (Lipinski definition) is 2. The molecule has 9 heteroatoms. The Labute approximate surface area is 236 Å². The molecular weight excluding hydrogens is 504 g/mol. The normalized spacial score (nSPS) is 22.4. The Morgan fingerprint density at radius 2 is 1.73 bits per heavy atom. The minimum absolute atomic E-state index is 0.188. The molecule has 9 nitrogen and oxygen atoms in total. The van der Waals surface area contributed by atoms with Gasteiger partial charge in [0.1, 0.15) is 11.2 Å². The quantitative estimate of drug-likeness (QED) is 0.439. The molecule has 0 bridgehead atoms. The predicted molar refractivity (Wildman–Crippen MR) is 156 cm³/mol. The van der Waals surface area contributed by atoms with E-state index in [-0.39, 0.29) is 12.2 Å². The highest BCUT2D eigenvalue weighted by molar-refractivity contribution is 5.94. The lowest BCUT2D eigenvalue weighted by Gasteiger charge is -2.35. The SMILES string of the molecule is CC(C)(C)OC(=O)N1CCN(Cc2ccc(-c3cn(C4CCC(O)CC4)c4nc(NC5CC5)ncc34)cc2)CC1.